The summed E-state index contributed by atoms with van der Waals surface area (Å²) in [6.45, 7) is 3.65. The van der Waals surface area contributed by atoms with Crippen molar-refractivity contribution >= 4 is 23.5 Å². The molecule has 1 atom stereocenters. The molecule has 2 aromatic rings. The SMILES string of the molecule is CC(C)(SCc1cn2cccnc2n1)[C@@H](N)C(=O)O. The lowest BCUT2D eigenvalue weighted by atomic mass is 10.1. The van der Waals surface area contributed by atoms with Gasteiger partial charge in [0, 0.05) is 29.1 Å². The Labute approximate surface area is 115 Å². The molecule has 0 radical (unpaired) electrons. The van der Waals surface area contributed by atoms with Crippen molar-refractivity contribution in [3.63, 3.8) is 0 Å². The van der Waals surface area contributed by atoms with Crippen LogP contribution in [0.25, 0.3) is 5.78 Å². The van der Waals surface area contributed by atoms with E-state index in [1.165, 1.54) is 11.8 Å². The first-order chi connectivity index (χ1) is 8.90. The van der Waals surface area contributed by atoms with Crippen LogP contribution in [0, 0.1) is 0 Å². The molecule has 2 heterocycles. The van der Waals surface area contributed by atoms with Crippen LogP contribution >= 0.6 is 11.8 Å². The maximum Gasteiger partial charge on any atom is 0.321 e. The molecule has 0 unspecified atom stereocenters. The molecule has 0 aliphatic heterocycles. The Kier molecular flexibility index (Phi) is 3.77. The number of carboxylic acid groups (broad SMARTS) is 1. The van der Waals surface area contributed by atoms with Gasteiger partial charge in [-0.2, -0.15) is 0 Å². The summed E-state index contributed by atoms with van der Waals surface area (Å²) in [6.07, 6.45) is 5.44. The van der Waals surface area contributed by atoms with Crippen LogP contribution in [0.3, 0.4) is 0 Å². The molecule has 2 aromatic heterocycles. The Hall–Kier alpha value is -1.60. The molecule has 0 amide bonds. The zero-order valence-electron chi connectivity index (χ0n) is 10.8. The lowest BCUT2D eigenvalue weighted by molar-refractivity contribution is -0.139. The number of imidazole rings is 1. The van der Waals surface area contributed by atoms with E-state index in [4.69, 9.17) is 10.8 Å². The topological polar surface area (TPSA) is 93.5 Å². The number of hydrogen-bond acceptors (Lipinski definition) is 5. The first kappa shape index (κ1) is 13.8. The highest BCUT2D eigenvalue weighted by Crippen LogP contribution is 2.30. The third-order valence-electron chi connectivity index (χ3n) is 2.89. The second-order valence-electron chi connectivity index (χ2n) is 4.77. The highest BCUT2D eigenvalue weighted by Gasteiger charge is 2.32. The fraction of sp³-hybridized carbons (Fsp3) is 0.417. The van der Waals surface area contributed by atoms with E-state index >= 15 is 0 Å². The summed E-state index contributed by atoms with van der Waals surface area (Å²) in [5.74, 6) is 0.241. The van der Waals surface area contributed by atoms with Crippen LogP contribution in [-0.2, 0) is 10.5 Å². The zero-order chi connectivity index (χ0) is 14.0. The van der Waals surface area contributed by atoms with Crippen molar-refractivity contribution in [1.29, 1.82) is 0 Å². The molecule has 0 spiro atoms. The first-order valence-corrected chi connectivity index (χ1v) is 6.79. The lowest BCUT2D eigenvalue weighted by Crippen LogP contribution is -2.46. The Morgan fingerprint density at radius 2 is 2.37 bits per heavy atom. The van der Waals surface area contributed by atoms with Gasteiger partial charge in [0.1, 0.15) is 6.04 Å². The van der Waals surface area contributed by atoms with Crippen molar-refractivity contribution in [1.82, 2.24) is 14.4 Å². The summed E-state index contributed by atoms with van der Waals surface area (Å²) < 4.78 is 1.27. The van der Waals surface area contributed by atoms with Gasteiger partial charge in [-0.05, 0) is 19.9 Å². The van der Waals surface area contributed by atoms with Gasteiger partial charge < -0.3 is 10.8 Å². The minimum Gasteiger partial charge on any atom is -0.480 e. The minimum atomic E-state index is -0.992. The molecule has 0 aliphatic carbocycles. The van der Waals surface area contributed by atoms with Gasteiger partial charge in [-0.15, -0.1) is 11.8 Å². The van der Waals surface area contributed by atoms with E-state index < -0.39 is 16.8 Å². The third-order valence-corrected chi connectivity index (χ3v) is 4.33. The third kappa shape index (κ3) is 3.05. The molecule has 0 aromatic carbocycles. The second kappa shape index (κ2) is 5.18. The second-order valence-corrected chi connectivity index (χ2v) is 6.40. The van der Waals surface area contributed by atoms with Crippen LogP contribution in [0.15, 0.2) is 24.7 Å². The van der Waals surface area contributed by atoms with Crippen molar-refractivity contribution in [3.05, 3.63) is 30.4 Å². The van der Waals surface area contributed by atoms with Crippen LogP contribution in [0.5, 0.6) is 0 Å². The molecule has 19 heavy (non-hydrogen) atoms. The van der Waals surface area contributed by atoms with E-state index in [0.717, 1.165) is 5.69 Å². The quantitative estimate of drug-likeness (QED) is 0.853. The summed E-state index contributed by atoms with van der Waals surface area (Å²) in [5, 5.41) is 8.96. The van der Waals surface area contributed by atoms with E-state index in [2.05, 4.69) is 9.97 Å². The molecule has 7 heteroatoms. The molecule has 0 bridgehead atoms. The average Bonchev–Trinajstić information content (AvgIpc) is 2.78. The lowest BCUT2D eigenvalue weighted by Gasteiger charge is -2.27. The predicted octanol–water partition coefficient (Wildman–Crippen LogP) is 1.15. The molecular weight excluding hydrogens is 264 g/mol. The Balaban J connectivity index is 2.07. The van der Waals surface area contributed by atoms with E-state index in [0.29, 0.717) is 11.5 Å². The molecule has 6 nitrogen and oxygen atoms in total. The number of hydrogen-bond donors (Lipinski definition) is 2. The summed E-state index contributed by atoms with van der Waals surface area (Å²) in [7, 11) is 0. The average molecular weight is 280 g/mol. The Bertz CT molecular complexity index is 563. The van der Waals surface area contributed by atoms with Crippen LogP contribution < -0.4 is 5.73 Å². The van der Waals surface area contributed by atoms with Crippen molar-refractivity contribution in [2.24, 2.45) is 5.73 Å². The zero-order valence-corrected chi connectivity index (χ0v) is 11.6. The van der Waals surface area contributed by atoms with E-state index in [-0.39, 0.29) is 0 Å². The summed E-state index contributed by atoms with van der Waals surface area (Å²) in [4.78, 5) is 19.4. The number of rotatable bonds is 5. The molecule has 102 valence electrons. The number of fused-ring (bicyclic) bond motifs is 1. The van der Waals surface area contributed by atoms with Gasteiger partial charge in [0.15, 0.2) is 0 Å². The summed E-state index contributed by atoms with van der Waals surface area (Å²) in [5.41, 5.74) is 6.53. The van der Waals surface area contributed by atoms with Gasteiger partial charge in [-0.25, -0.2) is 9.97 Å². The number of aromatic nitrogens is 3. The van der Waals surface area contributed by atoms with Crippen LogP contribution in [0.1, 0.15) is 19.5 Å². The minimum absolute atomic E-state index is 0.560. The first-order valence-electron chi connectivity index (χ1n) is 5.81. The Morgan fingerprint density at radius 1 is 1.63 bits per heavy atom. The highest BCUT2D eigenvalue weighted by molar-refractivity contribution is 7.99. The maximum atomic E-state index is 10.9. The molecule has 3 N–H and O–H groups in total. The number of nitrogens with two attached hydrogens (primary N) is 1. The van der Waals surface area contributed by atoms with Crippen molar-refractivity contribution < 1.29 is 9.90 Å². The molecule has 0 fully saturated rings. The number of nitrogens with zero attached hydrogens (tertiary/aromatic N) is 3. The molecular formula is C12H16N4O2S. The molecule has 2 rings (SSSR count). The van der Waals surface area contributed by atoms with Crippen molar-refractivity contribution in [2.75, 3.05) is 0 Å². The monoisotopic (exact) mass is 280 g/mol. The van der Waals surface area contributed by atoms with E-state index in [9.17, 15) is 4.79 Å². The van der Waals surface area contributed by atoms with E-state index in [1.807, 2.05) is 36.7 Å². The highest BCUT2D eigenvalue weighted by atomic mass is 32.2. The van der Waals surface area contributed by atoms with Gasteiger partial charge in [-0.1, -0.05) is 0 Å². The van der Waals surface area contributed by atoms with Crippen molar-refractivity contribution in [2.45, 2.75) is 30.4 Å². The van der Waals surface area contributed by atoms with Gasteiger partial charge in [0.2, 0.25) is 5.78 Å². The fourth-order valence-electron chi connectivity index (χ4n) is 1.60. The standard InChI is InChI=1S/C12H16N4O2S/c1-12(2,9(13)10(17)18)19-7-8-6-16-5-3-4-14-11(16)15-8/h3-6,9H,7,13H2,1-2H3,(H,17,18)/t9-/m0/s1. The normalized spacial score (nSPS) is 13.6. The maximum absolute atomic E-state index is 10.9. The van der Waals surface area contributed by atoms with Crippen LogP contribution in [-0.4, -0.2) is 36.2 Å². The smallest absolute Gasteiger partial charge is 0.321 e. The molecule has 0 saturated heterocycles. The largest absolute Gasteiger partial charge is 0.480 e. The summed E-state index contributed by atoms with van der Waals surface area (Å²) in [6, 6.07) is 0.920. The van der Waals surface area contributed by atoms with Gasteiger partial charge in [0.05, 0.1) is 5.69 Å². The molecule has 0 aliphatic rings. The number of carboxylic acids is 1. The number of aliphatic carboxylic acids is 1. The number of thioether (sulfide) groups is 1. The Morgan fingerprint density at radius 3 is 3.00 bits per heavy atom. The van der Waals surface area contributed by atoms with Crippen molar-refractivity contribution in [3.8, 4) is 0 Å². The summed E-state index contributed by atoms with van der Waals surface area (Å²) >= 11 is 1.47. The van der Waals surface area contributed by atoms with E-state index in [1.54, 1.807) is 6.20 Å². The van der Waals surface area contributed by atoms with Gasteiger partial charge in [0.25, 0.3) is 0 Å². The predicted molar refractivity (Wildman–Crippen MR) is 74.0 cm³/mol. The van der Waals surface area contributed by atoms with Crippen LogP contribution in [0.4, 0.5) is 0 Å². The van der Waals surface area contributed by atoms with Gasteiger partial charge in [-0.3, -0.25) is 9.20 Å². The molecule has 0 saturated carbocycles. The van der Waals surface area contributed by atoms with Crippen LogP contribution in [0.2, 0.25) is 0 Å². The number of carbonyl (C=O) groups is 1. The van der Waals surface area contributed by atoms with Gasteiger partial charge >= 0.3 is 5.97 Å². The fourth-order valence-corrected chi connectivity index (χ4v) is 2.54.